The third-order valence-corrected chi connectivity index (χ3v) is 4.19. The quantitative estimate of drug-likeness (QED) is 0.815. The Morgan fingerprint density at radius 1 is 1.24 bits per heavy atom. The normalized spacial score (nSPS) is 21.6. The van der Waals surface area contributed by atoms with Crippen molar-refractivity contribution in [1.29, 1.82) is 0 Å². The van der Waals surface area contributed by atoms with Gasteiger partial charge in [0.15, 0.2) is 0 Å². The molecule has 1 saturated carbocycles. The average Bonchev–Trinajstić information content (AvgIpc) is 3.30. The van der Waals surface area contributed by atoms with E-state index in [9.17, 15) is 8.78 Å². The molecule has 0 unspecified atom stereocenters. The van der Waals surface area contributed by atoms with Crippen molar-refractivity contribution >= 4 is 0 Å². The number of hydrogen-bond acceptors (Lipinski definition) is 2. The lowest BCUT2D eigenvalue weighted by Crippen LogP contribution is -2.38. The predicted molar refractivity (Wildman–Crippen MR) is 81.8 cm³/mol. The van der Waals surface area contributed by atoms with Gasteiger partial charge in [-0.2, -0.15) is 0 Å². The largest absolute Gasteiger partial charge is 0.299 e. The lowest BCUT2D eigenvalue weighted by molar-refractivity contribution is -0.0566. The Kier molecular flexibility index (Phi) is 5.31. The summed E-state index contributed by atoms with van der Waals surface area (Å²) in [5, 5.41) is 0. The van der Waals surface area contributed by atoms with E-state index in [2.05, 4.69) is 22.9 Å². The van der Waals surface area contributed by atoms with Gasteiger partial charge in [-0.3, -0.25) is 9.88 Å². The zero-order valence-electron chi connectivity index (χ0n) is 13.3. The van der Waals surface area contributed by atoms with E-state index in [0.29, 0.717) is 19.0 Å². The molecule has 2 heterocycles. The molecule has 2 aliphatic rings. The van der Waals surface area contributed by atoms with Crippen LogP contribution in [0.1, 0.15) is 62.3 Å². The second-order valence-corrected chi connectivity index (χ2v) is 5.92. The number of piperidine rings is 1. The van der Waals surface area contributed by atoms with Crippen molar-refractivity contribution in [3.05, 3.63) is 29.1 Å². The van der Waals surface area contributed by atoms with E-state index >= 15 is 0 Å². The molecule has 0 aromatic carbocycles. The minimum atomic E-state index is -2.46. The van der Waals surface area contributed by atoms with Crippen LogP contribution in [0.15, 0.2) is 12.3 Å². The van der Waals surface area contributed by atoms with Gasteiger partial charge in [0.2, 0.25) is 0 Å². The molecule has 2 fully saturated rings. The van der Waals surface area contributed by atoms with E-state index in [0.717, 1.165) is 17.8 Å². The predicted octanol–water partition coefficient (Wildman–Crippen LogP) is 4.52. The van der Waals surface area contributed by atoms with Crippen molar-refractivity contribution in [2.45, 2.75) is 64.8 Å². The number of aromatic nitrogens is 1. The average molecular weight is 296 g/mol. The van der Waals surface area contributed by atoms with Gasteiger partial charge in [0, 0.05) is 44.4 Å². The Bertz CT molecular complexity index is 460. The Morgan fingerprint density at radius 2 is 1.86 bits per heavy atom. The molecular weight excluding hydrogens is 270 g/mol. The number of pyridine rings is 1. The van der Waals surface area contributed by atoms with E-state index in [1.165, 1.54) is 18.4 Å². The highest BCUT2D eigenvalue weighted by Crippen LogP contribution is 2.41. The Hall–Kier alpha value is -1.03. The fraction of sp³-hybridized carbons (Fsp3) is 0.706. The smallest absolute Gasteiger partial charge is 0.250 e. The summed E-state index contributed by atoms with van der Waals surface area (Å²) in [6.07, 6.45) is 4.40. The zero-order valence-corrected chi connectivity index (χ0v) is 13.3. The number of alkyl halides is 2. The van der Waals surface area contributed by atoms with Crippen LogP contribution in [0, 0.1) is 6.92 Å². The van der Waals surface area contributed by atoms with Crippen LogP contribution in [-0.2, 0) is 6.54 Å². The molecular formula is C17H26F2N2. The molecule has 1 saturated heterocycles. The minimum Gasteiger partial charge on any atom is -0.299 e. The van der Waals surface area contributed by atoms with E-state index in [4.69, 9.17) is 0 Å². The Balaban J connectivity index is 0.000000774. The first-order valence-electron chi connectivity index (χ1n) is 8.09. The third-order valence-electron chi connectivity index (χ3n) is 4.19. The summed E-state index contributed by atoms with van der Waals surface area (Å²) in [6.45, 7) is 7.78. The molecule has 2 nitrogen and oxygen atoms in total. The molecule has 0 spiro atoms. The number of hydrogen-bond donors (Lipinski definition) is 0. The van der Waals surface area contributed by atoms with Crippen molar-refractivity contribution in [3.63, 3.8) is 0 Å². The van der Waals surface area contributed by atoms with Crippen LogP contribution in [0.4, 0.5) is 8.78 Å². The summed E-state index contributed by atoms with van der Waals surface area (Å²) in [4.78, 5) is 6.57. The molecule has 118 valence electrons. The van der Waals surface area contributed by atoms with E-state index in [-0.39, 0.29) is 12.8 Å². The van der Waals surface area contributed by atoms with Crippen LogP contribution in [0.25, 0.3) is 0 Å². The van der Waals surface area contributed by atoms with Crippen LogP contribution in [-0.4, -0.2) is 28.9 Å². The summed E-state index contributed by atoms with van der Waals surface area (Å²) in [5.74, 6) is -1.76. The molecule has 0 atom stereocenters. The van der Waals surface area contributed by atoms with Crippen LogP contribution in [0.2, 0.25) is 0 Å². The van der Waals surface area contributed by atoms with Crippen molar-refractivity contribution in [2.75, 3.05) is 13.1 Å². The van der Waals surface area contributed by atoms with E-state index in [1.807, 2.05) is 20.0 Å². The second-order valence-electron chi connectivity index (χ2n) is 5.92. The first-order chi connectivity index (χ1) is 10.0. The Morgan fingerprint density at radius 3 is 2.43 bits per heavy atom. The summed E-state index contributed by atoms with van der Waals surface area (Å²) < 4.78 is 26.2. The first kappa shape index (κ1) is 16.3. The maximum absolute atomic E-state index is 13.1. The Labute approximate surface area is 126 Å². The van der Waals surface area contributed by atoms with Crippen LogP contribution >= 0.6 is 0 Å². The zero-order chi connectivity index (χ0) is 15.5. The third kappa shape index (κ3) is 4.47. The standard InChI is InChI=1S/C15H20F2N2.C2H6/c1-11-14(13-2-3-13)8-12(9-18-11)10-19-6-4-15(16,17)5-7-19;1-2/h8-9,13H,2-7,10H2,1H3;1-2H3. The number of nitrogens with zero attached hydrogens (tertiary/aromatic N) is 2. The second kappa shape index (κ2) is 6.82. The molecule has 0 amide bonds. The van der Waals surface area contributed by atoms with Crippen LogP contribution in [0.3, 0.4) is 0 Å². The molecule has 0 bridgehead atoms. The van der Waals surface area contributed by atoms with Crippen LogP contribution < -0.4 is 0 Å². The topological polar surface area (TPSA) is 16.1 Å². The summed E-state index contributed by atoms with van der Waals surface area (Å²) >= 11 is 0. The monoisotopic (exact) mass is 296 g/mol. The van der Waals surface area contributed by atoms with Gasteiger partial charge < -0.3 is 0 Å². The molecule has 0 N–H and O–H groups in total. The van der Waals surface area contributed by atoms with Crippen molar-refractivity contribution in [2.24, 2.45) is 0 Å². The van der Waals surface area contributed by atoms with Gasteiger partial charge in [-0.15, -0.1) is 0 Å². The first-order valence-corrected chi connectivity index (χ1v) is 8.09. The molecule has 1 aromatic heterocycles. The molecule has 1 aliphatic heterocycles. The lowest BCUT2D eigenvalue weighted by atomic mass is 10.0. The number of halogens is 2. The summed E-state index contributed by atoms with van der Waals surface area (Å²) in [7, 11) is 0. The molecule has 4 heteroatoms. The van der Waals surface area contributed by atoms with Crippen molar-refractivity contribution < 1.29 is 8.78 Å². The van der Waals surface area contributed by atoms with Gasteiger partial charge in [0.1, 0.15) is 0 Å². The van der Waals surface area contributed by atoms with Crippen LogP contribution in [0.5, 0.6) is 0 Å². The fourth-order valence-electron chi connectivity index (χ4n) is 2.79. The number of likely N-dealkylation sites (tertiary alicyclic amines) is 1. The highest BCUT2D eigenvalue weighted by Gasteiger charge is 2.34. The number of rotatable bonds is 3. The molecule has 21 heavy (non-hydrogen) atoms. The van der Waals surface area contributed by atoms with Crippen molar-refractivity contribution in [3.8, 4) is 0 Å². The molecule has 1 aliphatic carbocycles. The molecule has 3 rings (SSSR count). The highest BCUT2D eigenvalue weighted by molar-refractivity contribution is 5.31. The van der Waals surface area contributed by atoms with Gasteiger partial charge >= 0.3 is 0 Å². The number of aryl methyl sites for hydroxylation is 1. The molecule has 1 aromatic rings. The summed E-state index contributed by atoms with van der Waals surface area (Å²) in [5.41, 5.74) is 3.65. The summed E-state index contributed by atoms with van der Waals surface area (Å²) in [6, 6.07) is 2.23. The fourth-order valence-corrected chi connectivity index (χ4v) is 2.79. The maximum atomic E-state index is 13.1. The van der Waals surface area contributed by atoms with Gasteiger partial charge in [0.05, 0.1) is 0 Å². The highest BCUT2D eigenvalue weighted by atomic mass is 19.3. The van der Waals surface area contributed by atoms with Gasteiger partial charge in [0.25, 0.3) is 5.92 Å². The maximum Gasteiger partial charge on any atom is 0.250 e. The minimum absolute atomic E-state index is 0.0121. The van der Waals surface area contributed by atoms with E-state index in [1.54, 1.807) is 0 Å². The van der Waals surface area contributed by atoms with Gasteiger partial charge in [-0.1, -0.05) is 19.9 Å². The van der Waals surface area contributed by atoms with Crippen molar-refractivity contribution in [1.82, 2.24) is 9.88 Å². The van der Waals surface area contributed by atoms with Gasteiger partial charge in [-0.05, 0) is 36.8 Å². The van der Waals surface area contributed by atoms with E-state index < -0.39 is 5.92 Å². The lowest BCUT2D eigenvalue weighted by Gasteiger charge is -2.31. The van der Waals surface area contributed by atoms with Gasteiger partial charge in [-0.25, -0.2) is 8.78 Å². The SMILES string of the molecule is CC.Cc1ncc(CN2CCC(F)(F)CC2)cc1C1CC1. The molecule has 0 radical (unpaired) electrons.